The highest BCUT2D eigenvalue weighted by Crippen LogP contribution is 2.29. The molecule has 2 rings (SSSR count). The molecule has 1 fully saturated rings. The summed E-state index contributed by atoms with van der Waals surface area (Å²) in [6, 6.07) is 0. The van der Waals surface area contributed by atoms with Gasteiger partial charge in [0.15, 0.2) is 0 Å². The SMILES string of the molecule is CCN1CCCC(C)(C(=O)NCCCn2cnnc2)C1. The van der Waals surface area contributed by atoms with Crippen molar-refractivity contribution in [3.8, 4) is 0 Å². The van der Waals surface area contributed by atoms with E-state index in [-0.39, 0.29) is 11.3 Å². The molecule has 1 aromatic rings. The number of hydrogen-bond acceptors (Lipinski definition) is 4. The molecule has 20 heavy (non-hydrogen) atoms. The van der Waals surface area contributed by atoms with Gasteiger partial charge in [0, 0.05) is 19.6 Å². The summed E-state index contributed by atoms with van der Waals surface area (Å²) in [5, 5.41) is 10.6. The quantitative estimate of drug-likeness (QED) is 0.786. The van der Waals surface area contributed by atoms with Crippen LogP contribution in [0.4, 0.5) is 0 Å². The standard InChI is InChI=1S/C14H25N5O/c1-3-18-8-4-6-14(2,10-18)13(20)15-7-5-9-19-11-16-17-12-19/h11-12H,3-10H2,1-2H3,(H,15,20). The molecule has 0 aliphatic carbocycles. The minimum absolute atomic E-state index is 0.194. The Morgan fingerprint density at radius 3 is 2.85 bits per heavy atom. The van der Waals surface area contributed by atoms with Crippen molar-refractivity contribution in [3.05, 3.63) is 12.7 Å². The number of rotatable bonds is 6. The number of carbonyl (C=O) groups excluding carboxylic acids is 1. The molecule has 1 saturated heterocycles. The second-order valence-electron chi connectivity index (χ2n) is 5.84. The van der Waals surface area contributed by atoms with Crippen LogP contribution in [-0.4, -0.2) is 51.8 Å². The number of aryl methyl sites for hydroxylation is 1. The van der Waals surface area contributed by atoms with Crippen LogP contribution in [0, 0.1) is 5.41 Å². The van der Waals surface area contributed by atoms with E-state index in [0.717, 1.165) is 45.4 Å². The fourth-order valence-electron chi connectivity index (χ4n) is 2.81. The lowest BCUT2D eigenvalue weighted by molar-refractivity contribution is -0.133. The summed E-state index contributed by atoms with van der Waals surface area (Å²) in [7, 11) is 0. The van der Waals surface area contributed by atoms with Gasteiger partial charge in [0.1, 0.15) is 12.7 Å². The Balaban J connectivity index is 1.73. The first-order valence-corrected chi connectivity index (χ1v) is 7.47. The molecule has 0 radical (unpaired) electrons. The number of amides is 1. The van der Waals surface area contributed by atoms with Crippen LogP contribution in [0.2, 0.25) is 0 Å². The third-order valence-electron chi connectivity index (χ3n) is 4.12. The zero-order chi connectivity index (χ0) is 14.4. The van der Waals surface area contributed by atoms with Crippen molar-refractivity contribution in [2.45, 2.75) is 39.7 Å². The van der Waals surface area contributed by atoms with Crippen LogP contribution in [0.3, 0.4) is 0 Å². The highest BCUT2D eigenvalue weighted by atomic mass is 16.2. The van der Waals surface area contributed by atoms with Crippen LogP contribution in [0.15, 0.2) is 12.7 Å². The van der Waals surface area contributed by atoms with Crippen molar-refractivity contribution in [2.75, 3.05) is 26.2 Å². The maximum atomic E-state index is 12.4. The Labute approximate surface area is 120 Å². The molecule has 0 aromatic carbocycles. The van der Waals surface area contributed by atoms with Crippen molar-refractivity contribution in [2.24, 2.45) is 5.41 Å². The van der Waals surface area contributed by atoms with Crippen LogP contribution in [0.5, 0.6) is 0 Å². The highest BCUT2D eigenvalue weighted by molar-refractivity contribution is 5.82. The Hall–Kier alpha value is -1.43. The molecule has 1 aliphatic heterocycles. The van der Waals surface area contributed by atoms with E-state index in [4.69, 9.17) is 0 Å². The van der Waals surface area contributed by atoms with Gasteiger partial charge in [0.25, 0.3) is 0 Å². The largest absolute Gasteiger partial charge is 0.356 e. The highest BCUT2D eigenvalue weighted by Gasteiger charge is 2.36. The van der Waals surface area contributed by atoms with E-state index in [9.17, 15) is 4.79 Å². The molecule has 1 aromatic heterocycles. The summed E-state index contributed by atoms with van der Waals surface area (Å²) >= 11 is 0. The molecule has 1 atom stereocenters. The minimum Gasteiger partial charge on any atom is -0.356 e. The average molecular weight is 279 g/mol. The van der Waals surface area contributed by atoms with Gasteiger partial charge in [-0.15, -0.1) is 10.2 Å². The Morgan fingerprint density at radius 1 is 1.40 bits per heavy atom. The van der Waals surface area contributed by atoms with Crippen LogP contribution >= 0.6 is 0 Å². The van der Waals surface area contributed by atoms with E-state index in [2.05, 4.69) is 34.3 Å². The van der Waals surface area contributed by atoms with E-state index in [0.29, 0.717) is 6.54 Å². The normalized spacial score (nSPS) is 23.7. The number of hydrogen-bond donors (Lipinski definition) is 1. The summed E-state index contributed by atoms with van der Waals surface area (Å²) < 4.78 is 1.92. The molecule has 1 aliphatic rings. The van der Waals surface area contributed by atoms with Gasteiger partial charge in [-0.25, -0.2) is 0 Å². The maximum Gasteiger partial charge on any atom is 0.227 e. The van der Waals surface area contributed by atoms with Gasteiger partial charge in [0.05, 0.1) is 5.41 Å². The smallest absolute Gasteiger partial charge is 0.227 e. The maximum absolute atomic E-state index is 12.4. The molecule has 6 nitrogen and oxygen atoms in total. The lowest BCUT2D eigenvalue weighted by atomic mass is 9.81. The van der Waals surface area contributed by atoms with Gasteiger partial charge >= 0.3 is 0 Å². The summed E-state index contributed by atoms with van der Waals surface area (Å²) in [5.41, 5.74) is -0.231. The minimum atomic E-state index is -0.231. The first-order valence-electron chi connectivity index (χ1n) is 7.47. The van der Waals surface area contributed by atoms with Gasteiger partial charge in [0.2, 0.25) is 5.91 Å². The number of piperidine rings is 1. The topological polar surface area (TPSA) is 63.1 Å². The van der Waals surface area contributed by atoms with Crippen molar-refractivity contribution >= 4 is 5.91 Å². The average Bonchev–Trinajstić information content (AvgIpc) is 2.96. The van der Waals surface area contributed by atoms with Crippen molar-refractivity contribution < 1.29 is 4.79 Å². The lowest BCUT2D eigenvalue weighted by Crippen LogP contribution is -2.50. The number of nitrogens with zero attached hydrogens (tertiary/aromatic N) is 4. The predicted octanol–water partition coefficient (Wildman–Crippen LogP) is 0.906. The van der Waals surface area contributed by atoms with Gasteiger partial charge in [-0.1, -0.05) is 6.92 Å². The molecule has 0 spiro atoms. The van der Waals surface area contributed by atoms with E-state index in [1.807, 2.05) is 4.57 Å². The van der Waals surface area contributed by atoms with Crippen molar-refractivity contribution in [1.82, 2.24) is 25.0 Å². The molecule has 2 heterocycles. The Morgan fingerprint density at radius 2 is 2.15 bits per heavy atom. The summed E-state index contributed by atoms with van der Waals surface area (Å²) in [4.78, 5) is 14.7. The lowest BCUT2D eigenvalue weighted by Gasteiger charge is -2.38. The zero-order valence-corrected chi connectivity index (χ0v) is 12.5. The van der Waals surface area contributed by atoms with E-state index in [1.165, 1.54) is 0 Å². The molecular weight excluding hydrogens is 254 g/mol. The zero-order valence-electron chi connectivity index (χ0n) is 12.5. The van der Waals surface area contributed by atoms with Crippen LogP contribution in [-0.2, 0) is 11.3 Å². The predicted molar refractivity (Wildman–Crippen MR) is 77.1 cm³/mol. The molecule has 112 valence electrons. The molecule has 1 amide bonds. The monoisotopic (exact) mass is 279 g/mol. The number of aromatic nitrogens is 3. The van der Waals surface area contributed by atoms with Crippen molar-refractivity contribution in [1.29, 1.82) is 0 Å². The van der Waals surface area contributed by atoms with Gasteiger partial charge in [-0.2, -0.15) is 0 Å². The fraction of sp³-hybridized carbons (Fsp3) is 0.786. The Kier molecular flexibility index (Phi) is 5.11. The summed E-state index contributed by atoms with van der Waals surface area (Å²) in [6.45, 7) is 8.81. The number of nitrogens with one attached hydrogen (secondary N) is 1. The molecule has 6 heteroatoms. The van der Waals surface area contributed by atoms with E-state index < -0.39 is 0 Å². The van der Waals surface area contributed by atoms with Crippen LogP contribution in [0.1, 0.15) is 33.1 Å². The first-order chi connectivity index (χ1) is 9.64. The first kappa shape index (κ1) is 15.0. The second-order valence-corrected chi connectivity index (χ2v) is 5.84. The van der Waals surface area contributed by atoms with Gasteiger partial charge < -0.3 is 14.8 Å². The van der Waals surface area contributed by atoms with Gasteiger partial charge in [-0.3, -0.25) is 4.79 Å². The molecular formula is C14H25N5O. The fourth-order valence-corrected chi connectivity index (χ4v) is 2.81. The number of carbonyl (C=O) groups is 1. The Bertz CT molecular complexity index is 419. The molecule has 0 bridgehead atoms. The molecule has 1 N–H and O–H groups in total. The molecule has 1 unspecified atom stereocenters. The number of likely N-dealkylation sites (tertiary alicyclic amines) is 1. The van der Waals surface area contributed by atoms with Crippen LogP contribution in [0.25, 0.3) is 0 Å². The third kappa shape index (κ3) is 3.79. The van der Waals surface area contributed by atoms with Gasteiger partial charge in [-0.05, 0) is 39.3 Å². The van der Waals surface area contributed by atoms with Crippen molar-refractivity contribution in [3.63, 3.8) is 0 Å². The summed E-state index contributed by atoms with van der Waals surface area (Å²) in [5.74, 6) is 0.194. The third-order valence-corrected chi connectivity index (χ3v) is 4.12. The van der Waals surface area contributed by atoms with Crippen LogP contribution < -0.4 is 5.32 Å². The van der Waals surface area contributed by atoms with E-state index in [1.54, 1.807) is 12.7 Å². The van der Waals surface area contributed by atoms with E-state index >= 15 is 0 Å². The molecule has 0 saturated carbocycles. The summed E-state index contributed by atoms with van der Waals surface area (Å²) in [6.07, 6.45) is 6.39. The second kappa shape index (κ2) is 6.83.